The molecule has 3 rings (SSSR count). The number of aliphatic imine (C=N–C) groups is 1. The topological polar surface area (TPSA) is 47.9 Å². The Labute approximate surface area is 164 Å². The van der Waals surface area contributed by atoms with Crippen molar-refractivity contribution < 1.29 is 14.3 Å². The van der Waals surface area contributed by atoms with Crippen molar-refractivity contribution >= 4 is 52.1 Å². The number of esters is 1. The number of nitrogens with zero attached hydrogens (tertiary/aromatic N) is 1. The average molecular weight is 466 g/mol. The van der Waals surface area contributed by atoms with Crippen LogP contribution in [0.15, 0.2) is 65.8 Å². The Morgan fingerprint density at radius 3 is 2.72 bits per heavy atom. The highest BCUT2D eigenvalue weighted by Crippen LogP contribution is 2.25. The quantitative estimate of drug-likeness (QED) is 0.274. The van der Waals surface area contributed by atoms with Crippen LogP contribution in [0.5, 0.6) is 5.75 Å². The minimum Gasteiger partial charge on any atom is -0.490 e. The molecule has 25 heavy (non-hydrogen) atoms. The fraction of sp³-hybridized carbons (Fsp3) is 0.0526. The number of carbonyl (C=O) groups is 1. The van der Waals surface area contributed by atoms with Crippen molar-refractivity contribution in [2.45, 2.75) is 0 Å². The van der Waals surface area contributed by atoms with E-state index in [-0.39, 0.29) is 11.6 Å². The molecule has 0 fully saturated rings. The van der Waals surface area contributed by atoms with Gasteiger partial charge in [0.25, 0.3) is 0 Å². The zero-order valence-electron chi connectivity index (χ0n) is 13.0. The summed E-state index contributed by atoms with van der Waals surface area (Å²) in [5.74, 6) is 0.438. The van der Waals surface area contributed by atoms with E-state index in [2.05, 4.69) is 34.2 Å². The maximum Gasteiger partial charge on any atom is 0.363 e. The molecule has 0 aromatic heterocycles. The first-order valence-corrected chi connectivity index (χ1v) is 8.84. The molecule has 0 radical (unpaired) electrons. The fourth-order valence-electron chi connectivity index (χ4n) is 2.16. The molecule has 1 heterocycles. The summed E-state index contributed by atoms with van der Waals surface area (Å²) < 4.78 is 11.7. The van der Waals surface area contributed by atoms with Crippen LogP contribution in [0.3, 0.4) is 0 Å². The summed E-state index contributed by atoms with van der Waals surface area (Å²) in [5.41, 5.74) is 1.64. The third-order valence-electron chi connectivity index (χ3n) is 3.33. The lowest BCUT2D eigenvalue weighted by molar-refractivity contribution is -0.129. The number of cyclic esters (lactones) is 1. The van der Waals surface area contributed by atoms with Crippen LogP contribution >= 0.6 is 34.2 Å². The molecule has 0 saturated carbocycles. The van der Waals surface area contributed by atoms with Gasteiger partial charge in [-0.25, -0.2) is 9.79 Å². The third-order valence-corrected chi connectivity index (χ3v) is 4.33. The molecule has 0 aliphatic carbocycles. The molecule has 0 spiro atoms. The number of rotatable bonds is 5. The van der Waals surface area contributed by atoms with Crippen LogP contribution in [0.4, 0.5) is 0 Å². The lowest BCUT2D eigenvalue weighted by Crippen LogP contribution is -2.06. The summed E-state index contributed by atoms with van der Waals surface area (Å²) in [7, 11) is 0. The van der Waals surface area contributed by atoms with Crippen LogP contribution in [0.2, 0.25) is 5.02 Å². The summed E-state index contributed by atoms with van der Waals surface area (Å²) in [6, 6.07) is 12.8. The first-order chi connectivity index (χ1) is 12.1. The van der Waals surface area contributed by atoms with Crippen molar-refractivity contribution in [1.29, 1.82) is 0 Å². The monoisotopic (exact) mass is 465 g/mol. The fourth-order valence-corrected chi connectivity index (χ4v) is 2.85. The van der Waals surface area contributed by atoms with Crippen molar-refractivity contribution in [1.82, 2.24) is 0 Å². The molecular weight excluding hydrogens is 453 g/mol. The number of halogens is 2. The molecule has 4 nitrogen and oxygen atoms in total. The van der Waals surface area contributed by atoms with E-state index in [1.807, 2.05) is 36.4 Å². The van der Waals surface area contributed by atoms with Gasteiger partial charge in [-0.15, -0.1) is 0 Å². The largest absolute Gasteiger partial charge is 0.490 e. The standard InChI is InChI=1S/C19H13ClINO3/c1-2-9-24-14-6-3-12(4-7-14)10-17-19(23)25-18(22-17)15-11-13(21)5-8-16(15)20/h2-8,10-11H,1,9H2/b17-10-. The number of benzene rings is 2. The van der Waals surface area contributed by atoms with Gasteiger partial charge in [0, 0.05) is 3.57 Å². The molecule has 2 aromatic rings. The van der Waals surface area contributed by atoms with E-state index in [4.69, 9.17) is 21.1 Å². The van der Waals surface area contributed by atoms with Crippen molar-refractivity contribution in [3.8, 4) is 5.75 Å². The summed E-state index contributed by atoms with van der Waals surface area (Å²) in [4.78, 5) is 16.4. The van der Waals surface area contributed by atoms with Crippen LogP contribution < -0.4 is 4.74 Å². The van der Waals surface area contributed by atoms with Gasteiger partial charge in [-0.05, 0) is 64.6 Å². The summed E-state index contributed by atoms with van der Waals surface area (Å²) >= 11 is 8.34. The maximum atomic E-state index is 12.1. The third kappa shape index (κ3) is 4.29. The lowest BCUT2D eigenvalue weighted by atomic mass is 10.2. The molecule has 126 valence electrons. The SMILES string of the molecule is C=CCOc1ccc(/C=C2\N=C(c3cc(I)ccc3Cl)OC2=O)cc1. The molecule has 0 bridgehead atoms. The van der Waals surface area contributed by atoms with E-state index in [0.29, 0.717) is 17.2 Å². The van der Waals surface area contributed by atoms with E-state index in [9.17, 15) is 4.79 Å². The Kier molecular flexibility index (Phi) is 5.55. The van der Waals surface area contributed by atoms with Gasteiger partial charge in [-0.1, -0.05) is 36.4 Å². The van der Waals surface area contributed by atoms with E-state index >= 15 is 0 Å². The van der Waals surface area contributed by atoms with Gasteiger partial charge >= 0.3 is 5.97 Å². The van der Waals surface area contributed by atoms with E-state index in [1.54, 1.807) is 18.2 Å². The van der Waals surface area contributed by atoms with E-state index in [0.717, 1.165) is 14.9 Å². The Balaban J connectivity index is 1.85. The summed E-state index contributed by atoms with van der Waals surface area (Å²) in [5, 5.41) is 0.483. The van der Waals surface area contributed by atoms with Crippen LogP contribution in [-0.4, -0.2) is 18.5 Å². The molecule has 0 amide bonds. The maximum absolute atomic E-state index is 12.1. The van der Waals surface area contributed by atoms with Crippen LogP contribution in [0, 0.1) is 3.57 Å². The smallest absolute Gasteiger partial charge is 0.363 e. The Morgan fingerprint density at radius 1 is 1.24 bits per heavy atom. The highest BCUT2D eigenvalue weighted by molar-refractivity contribution is 14.1. The zero-order chi connectivity index (χ0) is 17.8. The molecule has 6 heteroatoms. The normalized spacial score (nSPS) is 15.0. The van der Waals surface area contributed by atoms with Gasteiger partial charge in [0.05, 0.1) is 10.6 Å². The van der Waals surface area contributed by atoms with Gasteiger partial charge in [0.15, 0.2) is 5.70 Å². The number of ether oxygens (including phenoxy) is 2. The van der Waals surface area contributed by atoms with Crippen molar-refractivity contribution in [3.05, 3.63) is 80.5 Å². The van der Waals surface area contributed by atoms with E-state index in [1.165, 1.54) is 0 Å². The number of hydrogen-bond donors (Lipinski definition) is 0. The molecule has 2 aromatic carbocycles. The zero-order valence-corrected chi connectivity index (χ0v) is 16.0. The minimum atomic E-state index is -0.503. The van der Waals surface area contributed by atoms with Crippen LogP contribution in [0.25, 0.3) is 6.08 Å². The Morgan fingerprint density at radius 2 is 2.00 bits per heavy atom. The highest BCUT2D eigenvalue weighted by Gasteiger charge is 2.25. The summed E-state index contributed by atoms with van der Waals surface area (Å²) in [6.45, 7) is 4.04. The molecule has 0 atom stereocenters. The molecular formula is C19H13ClINO3. The molecule has 1 aliphatic rings. The van der Waals surface area contributed by atoms with Crippen molar-refractivity contribution in [3.63, 3.8) is 0 Å². The van der Waals surface area contributed by atoms with Gasteiger partial charge in [-0.3, -0.25) is 0 Å². The molecule has 1 aliphatic heterocycles. The molecule has 0 N–H and O–H groups in total. The first-order valence-electron chi connectivity index (χ1n) is 7.38. The second-order valence-electron chi connectivity index (χ2n) is 5.13. The van der Waals surface area contributed by atoms with Crippen LogP contribution in [0.1, 0.15) is 11.1 Å². The van der Waals surface area contributed by atoms with Gasteiger partial charge in [-0.2, -0.15) is 0 Å². The number of hydrogen-bond acceptors (Lipinski definition) is 4. The average Bonchev–Trinajstić information content (AvgIpc) is 2.97. The second-order valence-corrected chi connectivity index (χ2v) is 6.78. The van der Waals surface area contributed by atoms with Crippen molar-refractivity contribution in [2.75, 3.05) is 6.61 Å². The van der Waals surface area contributed by atoms with Gasteiger partial charge in [0.2, 0.25) is 5.90 Å². The predicted molar refractivity (Wildman–Crippen MR) is 107 cm³/mol. The lowest BCUT2D eigenvalue weighted by Gasteiger charge is -2.02. The Hall–Kier alpha value is -2.12. The van der Waals surface area contributed by atoms with Crippen molar-refractivity contribution in [2.24, 2.45) is 4.99 Å². The van der Waals surface area contributed by atoms with Gasteiger partial charge in [0.1, 0.15) is 12.4 Å². The van der Waals surface area contributed by atoms with Gasteiger partial charge < -0.3 is 9.47 Å². The first kappa shape index (κ1) is 17.7. The second kappa shape index (κ2) is 7.84. The molecule has 0 saturated heterocycles. The summed E-state index contributed by atoms with van der Waals surface area (Å²) in [6.07, 6.45) is 3.34. The highest BCUT2D eigenvalue weighted by atomic mass is 127. The minimum absolute atomic E-state index is 0.214. The Bertz CT molecular complexity index is 888. The van der Waals surface area contributed by atoms with Crippen LogP contribution in [-0.2, 0) is 9.53 Å². The molecule has 0 unspecified atom stereocenters. The predicted octanol–water partition coefficient (Wildman–Crippen LogP) is 4.85. The van der Waals surface area contributed by atoms with E-state index < -0.39 is 5.97 Å². The number of carbonyl (C=O) groups excluding carboxylic acids is 1.